The number of amides is 1. The van der Waals surface area contributed by atoms with E-state index in [4.69, 9.17) is 9.47 Å². The molecule has 2 aromatic carbocycles. The number of rotatable bonds is 6. The van der Waals surface area contributed by atoms with Crippen molar-refractivity contribution in [3.63, 3.8) is 0 Å². The number of methoxy groups -OCH3 is 1. The Hall–Kier alpha value is -2.60. The normalized spacial score (nSPS) is 10.9. The van der Waals surface area contributed by atoms with Gasteiger partial charge in [-0.05, 0) is 41.8 Å². The molecule has 0 aliphatic heterocycles. The zero-order valence-electron chi connectivity index (χ0n) is 14.4. The number of benzene rings is 2. The molecule has 130 valence electrons. The molecule has 0 unspecified atom stereocenters. The van der Waals surface area contributed by atoms with Crippen molar-refractivity contribution in [3.8, 4) is 11.5 Å². The number of para-hydroxylation sites is 1. The molecule has 0 radical (unpaired) electrons. The quantitative estimate of drug-likeness (QED) is 0.709. The molecule has 1 aromatic heterocycles. The van der Waals surface area contributed by atoms with Gasteiger partial charge in [0.15, 0.2) is 11.7 Å². The van der Waals surface area contributed by atoms with Crippen molar-refractivity contribution in [1.82, 2.24) is 4.98 Å². The zero-order chi connectivity index (χ0) is 17.8. The number of nitrogens with one attached hydrogen (secondary N) is 1. The summed E-state index contributed by atoms with van der Waals surface area (Å²) in [6.07, 6.45) is 0. The molecule has 0 aliphatic carbocycles. The Labute approximate surface area is 150 Å². The summed E-state index contributed by atoms with van der Waals surface area (Å²) in [5.74, 6) is 1.50. The molecule has 3 rings (SSSR count). The average molecular weight is 356 g/mol. The standard InChI is InChI=1S/C19H20N2O3S/c1-12(2)15-5-4-6-16-18(15)21-19(25-16)20-17(22)11-24-14-9-7-13(23-3)8-10-14/h4-10,12H,11H2,1-3H3,(H,20,21,22). The lowest BCUT2D eigenvalue weighted by Crippen LogP contribution is -2.20. The molecule has 0 bridgehead atoms. The summed E-state index contributed by atoms with van der Waals surface area (Å²) in [5.41, 5.74) is 2.14. The van der Waals surface area contributed by atoms with E-state index < -0.39 is 0 Å². The SMILES string of the molecule is COc1ccc(OCC(=O)Nc2nc3c(C(C)C)cccc3s2)cc1. The van der Waals surface area contributed by atoms with Crippen molar-refractivity contribution >= 4 is 32.6 Å². The molecule has 0 spiro atoms. The van der Waals surface area contributed by atoms with Gasteiger partial charge < -0.3 is 9.47 Å². The minimum Gasteiger partial charge on any atom is -0.497 e. The fourth-order valence-electron chi connectivity index (χ4n) is 2.47. The molecule has 1 heterocycles. The Morgan fingerprint density at radius 3 is 2.56 bits per heavy atom. The maximum Gasteiger partial charge on any atom is 0.264 e. The average Bonchev–Trinajstić information content (AvgIpc) is 3.02. The van der Waals surface area contributed by atoms with Crippen LogP contribution >= 0.6 is 11.3 Å². The number of nitrogens with zero attached hydrogens (tertiary/aromatic N) is 1. The molecule has 0 fully saturated rings. The first kappa shape index (κ1) is 17.2. The van der Waals surface area contributed by atoms with Crippen molar-refractivity contribution in [2.45, 2.75) is 19.8 Å². The molecule has 5 nitrogen and oxygen atoms in total. The Bertz CT molecular complexity index is 872. The monoisotopic (exact) mass is 356 g/mol. The highest BCUT2D eigenvalue weighted by Crippen LogP contribution is 2.31. The van der Waals surface area contributed by atoms with Gasteiger partial charge in [0.05, 0.1) is 17.3 Å². The van der Waals surface area contributed by atoms with E-state index in [1.165, 1.54) is 16.9 Å². The van der Waals surface area contributed by atoms with Crippen LogP contribution in [0.2, 0.25) is 0 Å². The van der Waals surface area contributed by atoms with Gasteiger partial charge in [0.1, 0.15) is 11.5 Å². The lowest BCUT2D eigenvalue weighted by molar-refractivity contribution is -0.118. The van der Waals surface area contributed by atoms with Gasteiger partial charge in [0.2, 0.25) is 0 Å². The summed E-state index contributed by atoms with van der Waals surface area (Å²) in [7, 11) is 1.60. The largest absolute Gasteiger partial charge is 0.497 e. The van der Waals surface area contributed by atoms with Gasteiger partial charge in [0.25, 0.3) is 5.91 Å². The lowest BCUT2D eigenvalue weighted by Gasteiger charge is -2.06. The number of thiazole rings is 1. The van der Waals surface area contributed by atoms with E-state index in [2.05, 4.69) is 30.2 Å². The number of aromatic nitrogens is 1. The summed E-state index contributed by atoms with van der Waals surface area (Å²) < 4.78 is 11.6. The van der Waals surface area contributed by atoms with E-state index in [-0.39, 0.29) is 12.5 Å². The predicted molar refractivity (Wildman–Crippen MR) is 101 cm³/mol. The maximum absolute atomic E-state index is 12.1. The van der Waals surface area contributed by atoms with Crippen LogP contribution in [0.15, 0.2) is 42.5 Å². The minimum absolute atomic E-state index is 0.0701. The first-order valence-electron chi connectivity index (χ1n) is 8.03. The van der Waals surface area contributed by atoms with E-state index in [9.17, 15) is 4.79 Å². The van der Waals surface area contributed by atoms with Crippen molar-refractivity contribution in [2.75, 3.05) is 19.0 Å². The van der Waals surface area contributed by atoms with Gasteiger partial charge in [-0.15, -0.1) is 0 Å². The fraction of sp³-hybridized carbons (Fsp3) is 0.263. The van der Waals surface area contributed by atoms with E-state index in [0.29, 0.717) is 16.8 Å². The number of hydrogen-bond acceptors (Lipinski definition) is 5. The predicted octanol–water partition coefficient (Wildman–Crippen LogP) is 4.45. The molecular weight excluding hydrogens is 336 g/mol. The summed E-state index contributed by atoms with van der Waals surface area (Å²) in [5, 5.41) is 3.40. The summed E-state index contributed by atoms with van der Waals surface area (Å²) in [6, 6.07) is 13.2. The molecular formula is C19H20N2O3S. The van der Waals surface area contributed by atoms with Crippen molar-refractivity contribution in [1.29, 1.82) is 0 Å². The van der Waals surface area contributed by atoms with Crippen LogP contribution < -0.4 is 14.8 Å². The van der Waals surface area contributed by atoms with Crippen molar-refractivity contribution in [2.24, 2.45) is 0 Å². The number of fused-ring (bicyclic) bond motifs is 1. The van der Waals surface area contributed by atoms with Crippen LogP contribution in [-0.4, -0.2) is 24.6 Å². The van der Waals surface area contributed by atoms with Gasteiger partial charge in [-0.3, -0.25) is 10.1 Å². The van der Waals surface area contributed by atoms with E-state index in [0.717, 1.165) is 16.0 Å². The van der Waals surface area contributed by atoms with Crippen LogP contribution in [0.25, 0.3) is 10.2 Å². The second-order valence-corrected chi connectivity index (χ2v) is 6.91. The molecule has 0 saturated heterocycles. The Kier molecular flexibility index (Phi) is 5.19. The van der Waals surface area contributed by atoms with E-state index >= 15 is 0 Å². The number of ether oxygens (including phenoxy) is 2. The number of hydrogen-bond donors (Lipinski definition) is 1. The molecule has 25 heavy (non-hydrogen) atoms. The van der Waals surface area contributed by atoms with Crippen LogP contribution in [0.5, 0.6) is 11.5 Å². The molecule has 0 aliphatic rings. The third-order valence-electron chi connectivity index (χ3n) is 3.75. The topological polar surface area (TPSA) is 60.5 Å². The maximum atomic E-state index is 12.1. The number of anilines is 1. The van der Waals surface area contributed by atoms with Gasteiger partial charge >= 0.3 is 0 Å². The Morgan fingerprint density at radius 2 is 1.88 bits per heavy atom. The summed E-state index contributed by atoms with van der Waals surface area (Å²) in [4.78, 5) is 16.7. The number of carbonyl (C=O) groups excluding carboxylic acids is 1. The third-order valence-corrected chi connectivity index (χ3v) is 4.68. The molecule has 3 aromatic rings. The summed E-state index contributed by atoms with van der Waals surface area (Å²) in [6.45, 7) is 4.20. The molecule has 1 N–H and O–H groups in total. The second kappa shape index (κ2) is 7.53. The molecule has 1 amide bonds. The highest BCUT2D eigenvalue weighted by Gasteiger charge is 2.12. The Morgan fingerprint density at radius 1 is 1.16 bits per heavy atom. The fourth-order valence-corrected chi connectivity index (χ4v) is 3.38. The van der Waals surface area contributed by atoms with Gasteiger partial charge in [-0.1, -0.05) is 37.3 Å². The van der Waals surface area contributed by atoms with Crippen LogP contribution in [0.4, 0.5) is 5.13 Å². The van der Waals surface area contributed by atoms with E-state index in [1.807, 2.05) is 12.1 Å². The second-order valence-electron chi connectivity index (χ2n) is 5.88. The van der Waals surface area contributed by atoms with Crippen molar-refractivity contribution < 1.29 is 14.3 Å². The Balaban J connectivity index is 1.64. The summed E-state index contributed by atoms with van der Waals surface area (Å²) >= 11 is 1.47. The first-order valence-corrected chi connectivity index (χ1v) is 8.84. The molecule has 0 saturated carbocycles. The number of carbonyl (C=O) groups is 1. The minimum atomic E-state index is -0.235. The third kappa shape index (κ3) is 4.09. The van der Waals surface area contributed by atoms with Crippen LogP contribution in [0, 0.1) is 0 Å². The van der Waals surface area contributed by atoms with Crippen LogP contribution in [0.1, 0.15) is 25.3 Å². The smallest absolute Gasteiger partial charge is 0.264 e. The first-order chi connectivity index (χ1) is 12.1. The molecule has 6 heteroatoms. The molecule has 0 atom stereocenters. The highest BCUT2D eigenvalue weighted by atomic mass is 32.1. The van der Waals surface area contributed by atoms with Crippen LogP contribution in [0.3, 0.4) is 0 Å². The van der Waals surface area contributed by atoms with Crippen LogP contribution in [-0.2, 0) is 4.79 Å². The highest BCUT2D eigenvalue weighted by molar-refractivity contribution is 7.22. The van der Waals surface area contributed by atoms with Gasteiger partial charge in [0, 0.05) is 0 Å². The zero-order valence-corrected chi connectivity index (χ0v) is 15.2. The lowest BCUT2D eigenvalue weighted by atomic mass is 10.0. The van der Waals surface area contributed by atoms with E-state index in [1.54, 1.807) is 31.4 Å². The van der Waals surface area contributed by atoms with Gasteiger partial charge in [-0.2, -0.15) is 0 Å². The van der Waals surface area contributed by atoms with Gasteiger partial charge in [-0.25, -0.2) is 4.98 Å². The van der Waals surface area contributed by atoms with Crippen molar-refractivity contribution in [3.05, 3.63) is 48.0 Å².